The van der Waals surface area contributed by atoms with Crippen molar-refractivity contribution in [3.05, 3.63) is 29.6 Å². The molecule has 1 aliphatic heterocycles. The molecule has 0 radical (unpaired) electrons. The molecule has 1 N–H and O–H groups in total. The normalized spacial score (nSPS) is 25.1. The molecule has 1 saturated heterocycles. The van der Waals surface area contributed by atoms with Crippen molar-refractivity contribution in [2.75, 3.05) is 12.9 Å². The monoisotopic (exact) mass is 283 g/mol. The van der Waals surface area contributed by atoms with Crippen LogP contribution in [0.2, 0.25) is 0 Å². The summed E-state index contributed by atoms with van der Waals surface area (Å²) in [6.07, 6.45) is 2.44. The zero-order chi connectivity index (χ0) is 13.8. The highest BCUT2D eigenvalue weighted by Crippen LogP contribution is 2.30. The fourth-order valence-corrected chi connectivity index (χ4v) is 3.75. The predicted octanol–water partition coefficient (Wildman–Crippen LogP) is 3.77. The maximum atomic E-state index is 13.4. The molecule has 106 valence electrons. The van der Waals surface area contributed by atoms with Gasteiger partial charge >= 0.3 is 0 Å². The Bertz CT molecular complexity index is 427. The summed E-state index contributed by atoms with van der Waals surface area (Å²) in [5, 5.41) is 4.23. The van der Waals surface area contributed by atoms with Gasteiger partial charge in [0.05, 0.1) is 7.11 Å². The van der Waals surface area contributed by atoms with Crippen LogP contribution in [0.3, 0.4) is 0 Å². The smallest absolute Gasteiger partial charge is 0.123 e. The Hall–Kier alpha value is -0.740. The molecule has 1 aromatic carbocycles. The molecule has 2 rings (SSSR count). The Balaban J connectivity index is 2.10. The first-order valence-corrected chi connectivity index (χ1v) is 7.87. The van der Waals surface area contributed by atoms with Crippen molar-refractivity contribution in [1.82, 2.24) is 5.32 Å². The zero-order valence-corrected chi connectivity index (χ0v) is 12.6. The summed E-state index contributed by atoms with van der Waals surface area (Å²) in [6.45, 7) is 4.33. The van der Waals surface area contributed by atoms with E-state index in [0.29, 0.717) is 11.3 Å². The van der Waals surface area contributed by atoms with Gasteiger partial charge in [-0.25, -0.2) is 4.39 Å². The van der Waals surface area contributed by atoms with Gasteiger partial charge in [-0.3, -0.25) is 0 Å². The van der Waals surface area contributed by atoms with Crippen molar-refractivity contribution < 1.29 is 9.13 Å². The number of hydrogen-bond donors (Lipinski definition) is 1. The molecular weight excluding hydrogens is 261 g/mol. The number of methoxy groups -OCH3 is 1. The van der Waals surface area contributed by atoms with Gasteiger partial charge in [-0.05, 0) is 43.7 Å². The van der Waals surface area contributed by atoms with Crippen LogP contribution in [0.4, 0.5) is 4.39 Å². The Labute approximate surface area is 119 Å². The van der Waals surface area contributed by atoms with E-state index in [1.807, 2.05) is 11.8 Å². The highest BCUT2D eigenvalue weighted by atomic mass is 32.2. The van der Waals surface area contributed by atoms with Crippen LogP contribution in [0.1, 0.15) is 38.3 Å². The van der Waals surface area contributed by atoms with Gasteiger partial charge in [0.15, 0.2) is 0 Å². The van der Waals surface area contributed by atoms with Crippen LogP contribution in [0.5, 0.6) is 5.75 Å². The van der Waals surface area contributed by atoms with Gasteiger partial charge in [-0.1, -0.05) is 6.92 Å². The summed E-state index contributed by atoms with van der Waals surface area (Å²) in [4.78, 5) is 0. The maximum absolute atomic E-state index is 13.4. The molecule has 3 unspecified atom stereocenters. The molecule has 0 bridgehead atoms. The minimum absolute atomic E-state index is 0.0943. The summed E-state index contributed by atoms with van der Waals surface area (Å²) in [5.74, 6) is 1.78. The van der Waals surface area contributed by atoms with Crippen LogP contribution in [-0.4, -0.2) is 24.2 Å². The number of rotatable bonds is 4. The van der Waals surface area contributed by atoms with Gasteiger partial charge < -0.3 is 10.1 Å². The van der Waals surface area contributed by atoms with Crippen molar-refractivity contribution >= 4 is 11.8 Å². The summed E-state index contributed by atoms with van der Waals surface area (Å²) in [7, 11) is 1.63. The maximum Gasteiger partial charge on any atom is 0.123 e. The van der Waals surface area contributed by atoms with Crippen LogP contribution in [-0.2, 0) is 0 Å². The molecule has 1 aromatic rings. The second-order valence-corrected chi connectivity index (χ2v) is 6.58. The van der Waals surface area contributed by atoms with Gasteiger partial charge in [0.25, 0.3) is 0 Å². The van der Waals surface area contributed by atoms with Gasteiger partial charge in [-0.15, -0.1) is 0 Å². The lowest BCUT2D eigenvalue weighted by Gasteiger charge is -2.32. The fourth-order valence-electron chi connectivity index (χ4n) is 2.60. The summed E-state index contributed by atoms with van der Waals surface area (Å²) < 4.78 is 18.7. The SMILES string of the molecule is COc1ccc(F)cc1C(C)NC1CCCSC1C. The minimum Gasteiger partial charge on any atom is -0.496 e. The molecule has 19 heavy (non-hydrogen) atoms. The zero-order valence-electron chi connectivity index (χ0n) is 11.8. The van der Waals surface area contributed by atoms with Gasteiger partial charge in [-0.2, -0.15) is 11.8 Å². The van der Waals surface area contributed by atoms with E-state index in [9.17, 15) is 4.39 Å². The number of nitrogens with one attached hydrogen (secondary N) is 1. The van der Waals surface area contributed by atoms with Crippen LogP contribution < -0.4 is 10.1 Å². The Morgan fingerprint density at radius 2 is 2.26 bits per heavy atom. The third-order valence-electron chi connectivity index (χ3n) is 3.73. The highest BCUT2D eigenvalue weighted by molar-refractivity contribution is 7.99. The molecular formula is C15H22FNOS. The summed E-state index contributed by atoms with van der Waals surface area (Å²) in [6, 6.07) is 5.28. The molecule has 0 aromatic heterocycles. The molecule has 0 amide bonds. The summed E-state index contributed by atoms with van der Waals surface area (Å²) >= 11 is 2.01. The molecule has 1 aliphatic rings. The van der Waals surface area contributed by atoms with E-state index in [1.54, 1.807) is 19.2 Å². The Morgan fingerprint density at radius 3 is 2.95 bits per heavy atom. The van der Waals surface area contributed by atoms with Crippen molar-refractivity contribution in [2.24, 2.45) is 0 Å². The largest absolute Gasteiger partial charge is 0.496 e. The number of ether oxygens (including phenoxy) is 1. The van der Waals surface area contributed by atoms with E-state index in [1.165, 1.54) is 24.7 Å². The average molecular weight is 283 g/mol. The van der Waals surface area contributed by atoms with Crippen molar-refractivity contribution in [2.45, 2.75) is 44.0 Å². The lowest BCUT2D eigenvalue weighted by molar-refractivity contribution is 0.381. The van der Waals surface area contributed by atoms with Gasteiger partial charge in [0.2, 0.25) is 0 Å². The molecule has 3 atom stereocenters. The third-order valence-corrected chi connectivity index (χ3v) is 5.11. The predicted molar refractivity (Wildman–Crippen MR) is 79.4 cm³/mol. The van der Waals surface area contributed by atoms with Gasteiger partial charge in [0.1, 0.15) is 11.6 Å². The number of halogens is 1. The van der Waals surface area contributed by atoms with Crippen molar-refractivity contribution in [1.29, 1.82) is 0 Å². The van der Waals surface area contributed by atoms with E-state index in [4.69, 9.17) is 4.74 Å². The molecule has 4 heteroatoms. The molecule has 0 saturated carbocycles. The standard InChI is InChI=1S/C15H22FNOS/c1-10(17-14-5-4-8-19-11(14)2)13-9-12(16)6-7-15(13)18-3/h6-7,9-11,14,17H,4-5,8H2,1-3H3. The molecule has 1 heterocycles. The second-order valence-electron chi connectivity index (χ2n) is 5.10. The fraction of sp³-hybridized carbons (Fsp3) is 0.600. The lowest BCUT2D eigenvalue weighted by atomic mass is 10.0. The van der Waals surface area contributed by atoms with Crippen LogP contribution in [0.15, 0.2) is 18.2 Å². The van der Waals surface area contributed by atoms with Crippen LogP contribution in [0, 0.1) is 5.82 Å². The number of benzene rings is 1. The van der Waals surface area contributed by atoms with Crippen LogP contribution >= 0.6 is 11.8 Å². The second kappa shape index (κ2) is 6.62. The first kappa shape index (κ1) is 14.7. The number of hydrogen-bond acceptors (Lipinski definition) is 3. The molecule has 0 aliphatic carbocycles. The molecule has 1 fully saturated rings. The summed E-state index contributed by atoms with van der Waals surface area (Å²) in [5.41, 5.74) is 0.894. The van der Waals surface area contributed by atoms with Crippen LogP contribution in [0.25, 0.3) is 0 Å². The molecule has 0 spiro atoms. The van der Waals surface area contributed by atoms with Crippen molar-refractivity contribution in [3.8, 4) is 5.75 Å². The topological polar surface area (TPSA) is 21.3 Å². The first-order valence-electron chi connectivity index (χ1n) is 6.83. The third kappa shape index (κ3) is 3.63. The minimum atomic E-state index is -0.212. The lowest BCUT2D eigenvalue weighted by Crippen LogP contribution is -2.40. The molecule has 2 nitrogen and oxygen atoms in total. The Morgan fingerprint density at radius 1 is 1.47 bits per heavy atom. The Kier molecular flexibility index (Phi) is 5.11. The van der Waals surface area contributed by atoms with E-state index >= 15 is 0 Å². The van der Waals surface area contributed by atoms with E-state index < -0.39 is 0 Å². The van der Waals surface area contributed by atoms with Gasteiger partial charge in [0, 0.05) is 22.9 Å². The van der Waals surface area contributed by atoms with E-state index in [0.717, 1.165) is 11.3 Å². The first-order chi connectivity index (χ1) is 9.11. The highest BCUT2D eigenvalue weighted by Gasteiger charge is 2.24. The van der Waals surface area contributed by atoms with E-state index in [2.05, 4.69) is 19.2 Å². The average Bonchev–Trinajstić information content (AvgIpc) is 2.41. The van der Waals surface area contributed by atoms with E-state index in [-0.39, 0.29) is 11.9 Å². The van der Waals surface area contributed by atoms with Crippen molar-refractivity contribution in [3.63, 3.8) is 0 Å². The number of thioether (sulfide) groups is 1. The quantitative estimate of drug-likeness (QED) is 0.909.